The predicted molar refractivity (Wildman–Crippen MR) is 87.3 cm³/mol. The van der Waals surface area contributed by atoms with E-state index in [1.165, 1.54) is 32.8 Å². The molecule has 1 aromatic rings. The van der Waals surface area contributed by atoms with Crippen molar-refractivity contribution in [1.82, 2.24) is 0 Å². The van der Waals surface area contributed by atoms with Crippen LogP contribution in [0.2, 0.25) is 0 Å². The molecule has 0 amide bonds. The molecule has 0 saturated heterocycles. The zero-order chi connectivity index (χ0) is 16.2. The highest BCUT2D eigenvalue weighted by Crippen LogP contribution is 2.26. The van der Waals surface area contributed by atoms with Gasteiger partial charge in [0.1, 0.15) is 0 Å². The van der Waals surface area contributed by atoms with Crippen molar-refractivity contribution >= 4 is 5.97 Å². The van der Waals surface area contributed by atoms with Crippen molar-refractivity contribution in [3.8, 4) is 11.5 Å². The number of carbonyl (C=O) groups excluding carboxylic acids is 1. The molecule has 0 spiro atoms. The number of phenols is 1. The van der Waals surface area contributed by atoms with Crippen molar-refractivity contribution in [2.45, 2.75) is 58.3 Å². The van der Waals surface area contributed by atoms with Gasteiger partial charge < -0.3 is 14.6 Å². The van der Waals surface area contributed by atoms with Crippen molar-refractivity contribution in [2.24, 2.45) is 0 Å². The monoisotopic (exact) mass is 308 g/mol. The lowest BCUT2D eigenvalue weighted by Crippen LogP contribution is -2.07. The molecule has 0 aliphatic rings. The molecule has 124 valence electrons. The highest BCUT2D eigenvalue weighted by molar-refractivity contribution is 5.69. The van der Waals surface area contributed by atoms with Crippen molar-refractivity contribution in [3.63, 3.8) is 0 Å². The molecule has 1 rings (SSSR count). The number of benzene rings is 1. The number of rotatable bonds is 11. The zero-order valence-electron chi connectivity index (χ0n) is 13.8. The van der Waals surface area contributed by atoms with Crippen molar-refractivity contribution < 1.29 is 19.4 Å². The van der Waals surface area contributed by atoms with E-state index in [9.17, 15) is 9.90 Å². The standard InChI is InChI=1S/C18H28O4/c1-3-4-5-6-7-8-13-22-18(20)12-10-15-9-11-16(19)17(14-15)21-2/h9,11,14,19H,3-8,10,12-13H2,1-2H3. The molecular formula is C18H28O4. The smallest absolute Gasteiger partial charge is 0.306 e. The minimum atomic E-state index is -0.166. The summed E-state index contributed by atoms with van der Waals surface area (Å²) in [5.41, 5.74) is 0.950. The second-order valence-corrected chi connectivity index (χ2v) is 5.49. The van der Waals surface area contributed by atoms with Gasteiger partial charge >= 0.3 is 5.97 Å². The average Bonchev–Trinajstić information content (AvgIpc) is 2.53. The molecule has 0 aliphatic carbocycles. The van der Waals surface area contributed by atoms with Gasteiger partial charge in [0.05, 0.1) is 13.7 Å². The van der Waals surface area contributed by atoms with E-state index in [-0.39, 0.29) is 11.7 Å². The first-order chi connectivity index (χ1) is 10.7. The molecule has 0 bridgehead atoms. The number of aromatic hydroxyl groups is 1. The molecule has 22 heavy (non-hydrogen) atoms. The topological polar surface area (TPSA) is 55.8 Å². The number of carbonyl (C=O) groups is 1. The van der Waals surface area contributed by atoms with Crippen LogP contribution in [0.15, 0.2) is 18.2 Å². The molecular weight excluding hydrogens is 280 g/mol. The predicted octanol–water partition coefficient (Wildman–Crippen LogP) is 4.24. The van der Waals surface area contributed by atoms with Crippen molar-refractivity contribution in [1.29, 1.82) is 0 Å². The first kappa shape index (κ1) is 18.3. The number of unbranched alkanes of at least 4 members (excludes halogenated alkanes) is 5. The molecule has 1 aromatic carbocycles. The normalized spacial score (nSPS) is 10.5. The Hall–Kier alpha value is -1.71. The molecule has 0 unspecified atom stereocenters. The van der Waals surface area contributed by atoms with E-state index in [0.29, 0.717) is 25.2 Å². The van der Waals surface area contributed by atoms with Crippen LogP contribution in [0.3, 0.4) is 0 Å². The molecule has 0 atom stereocenters. The lowest BCUT2D eigenvalue weighted by molar-refractivity contribution is -0.143. The van der Waals surface area contributed by atoms with Gasteiger partial charge in [0, 0.05) is 6.42 Å². The highest BCUT2D eigenvalue weighted by atomic mass is 16.5. The van der Waals surface area contributed by atoms with Gasteiger partial charge in [-0.1, -0.05) is 45.1 Å². The maximum atomic E-state index is 11.7. The van der Waals surface area contributed by atoms with Crippen LogP contribution in [0.5, 0.6) is 11.5 Å². The number of aryl methyl sites for hydroxylation is 1. The Kier molecular flexibility index (Phi) is 9.12. The van der Waals surface area contributed by atoms with Gasteiger partial charge in [0.25, 0.3) is 0 Å². The molecule has 0 aromatic heterocycles. The average molecular weight is 308 g/mol. The van der Waals surface area contributed by atoms with E-state index in [0.717, 1.165) is 18.4 Å². The summed E-state index contributed by atoms with van der Waals surface area (Å²) in [4.78, 5) is 11.7. The van der Waals surface area contributed by atoms with Crippen LogP contribution < -0.4 is 4.74 Å². The Labute approximate surface area is 133 Å². The number of hydrogen-bond donors (Lipinski definition) is 1. The fourth-order valence-corrected chi connectivity index (χ4v) is 2.26. The second-order valence-electron chi connectivity index (χ2n) is 5.49. The molecule has 0 saturated carbocycles. The number of ether oxygens (including phenoxy) is 2. The van der Waals surface area contributed by atoms with Gasteiger partial charge in [-0.15, -0.1) is 0 Å². The Morgan fingerprint density at radius 3 is 2.59 bits per heavy atom. The Bertz CT molecular complexity index is 443. The number of phenolic OH excluding ortho intramolecular Hbond substituents is 1. The van der Waals surface area contributed by atoms with Crippen LogP contribution in [-0.4, -0.2) is 24.8 Å². The fourth-order valence-electron chi connectivity index (χ4n) is 2.26. The van der Waals surface area contributed by atoms with E-state index < -0.39 is 0 Å². The van der Waals surface area contributed by atoms with Gasteiger partial charge in [-0.3, -0.25) is 4.79 Å². The SMILES string of the molecule is CCCCCCCCOC(=O)CCc1ccc(O)c(OC)c1. The van der Waals surface area contributed by atoms with E-state index in [1.54, 1.807) is 18.2 Å². The second kappa shape index (κ2) is 10.9. The molecule has 0 aliphatic heterocycles. The van der Waals surface area contributed by atoms with Crippen LogP contribution in [0.25, 0.3) is 0 Å². The van der Waals surface area contributed by atoms with E-state index in [1.807, 2.05) is 0 Å². The lowest BCUT2D eigenvalue weighted by Gasteiger charge is -2.07. The molecule has 1 N–H and O–H groups in total. The van der Waals surface area contributed by atoms with Crippen molar-refractivity contribution in [2.75, 3.05) is 13.7 Å². The third-order valence-corrected chi connectivity index (χ3v) is 3.62. The maximum Gasteiger partial charge on any atom is 0.306 e. The summed E-state index contributed by atoms with van der Waals surface area (Å²) in [6, 6.07) is 5.12. The van der Waals surface area contributed by atoms with Gasteiger partial charge in [-0.05, 0) is 30.5 Å². The minimum Gasteiger partial charge on any atom is -0.504 e. The zero-order valence-corrected chi connectivity index (χ0v) is 13.8. The van der Waals surface area contributed by atoms with Gasteiger partial charge in [-0.2, -0.15) is 0 Å². The lowest BCUT2D eigenvalue weighted by atomic mass is 10.1. The largest absolute Gasteiger partial charge is 0.504 e. The minimum absolute atomic E-state index is 0.108. The van der Waals surface area contributed by atoms with E-state index in [4.69, 9.17) is 9.47 Å². The summed E-state index contributed by atoms with van der Waals surface area (Å²) < 4.78 is 10.3. The van der Waals surface area contributed by atoms with Gasteiger partial charge in [0.15, 0.2) is 11.5 Å². The number of methoxy groups -OCH3 is 1. The summed E-state index contributed by atoms with van der Waals surface area (Å²) in [6.45, 7) is 2.72. The van der Waals surface area contributed by atoms with Crippen LogP contribution >= 0.6 is 0 Å². The summed E-state index contributed by atoms with van der Waals surface area (Å²) in [7, 11) is 1.51. The summed E-state index contributed by atoms with van der Waals surface area (Å²) in [5, 5.41) is 9.52. The van der Waals surface area contributed by atoms with Gasteiger partial charge in [0.2, 0.25) is 0 Å². The van der Waals surface area contributed by atoms with Gasteiger partial charge in [-0.25, -0.2) is 0 Å². The van der Waals surface area contributed by atoms with E-state index >= 15 is 0 Å². The van der Waals surface area contributed by atoms with E-state index in [2.05, 4.69) is 6.92 Å². The fraction of sp³-hybridized carbons (Fsp3) is 0.611. The Morgan fingerprint density at radius 2 is 1.86 bits per heavy atom. The molecule has 0 radical (unpaired) electrons. The summed E-state index contributed by atoms with van der Waals surface area (Å²) in [5.74, 6) is 0.371. The molecule has 0 heterocycles. The molecule has 4 nitrogen and oxygen atoms in total. The van der Waals surface area contributed by atoms with Crippen LogP contribution in [0, 0.1) is 0 Å². The first-order valence-corrected chi connectivity index (χ1v) is 8.19. The van der Waals surface area contributed by atoms with Crippen LogP contribution in [0.1, 0.15) is 57.4 Å². The molecule has 4 heteroatoms. The summed E-state index contributed by atoms with van der Waals surface area (Å²) >= 11 is 0. The van der Waals surface area contributed by atoms with Crippen molar-refractivity contribution in [3.05, 3.63) is 23.8 Å². The number of esters is 1. The quantitative estimate of drug-likeness (QED) is 0.491. The third-order valence-electron chi connectivity index (χ3n) is 3.62. The molecule has 0 fully saturated rings. The van der Waals surface area contributed by atoms with Crippen LogP contribution in [0.4, 0.5) is 0 Å². The summed E-state index contributed by atoms with van der Waals surface area (Å²) in [6.07, 6.45) is 8.04. The Balaban J connectivity index is 2.15. The maximum absolute atomic E-state index is 11.7. The first-order valence-electron chi connectivity index (χ1n) is 8.19. The highest BCUT2D eigenvalue weighted by Gasteiger charge is 2.06. The third kappa shape index (κ3) is 7.34. The Morgan fingerprint density at radius 1 is 1.14 bits per heavy atom. The number of hydrogen-bond acceptors (Lipinski definition) is 4. The van der Waals surface area contributed by atoms with Crippen LogP contribution in [-0.2, 0) is 16.0 Å².